The molecule has 1 aromatic rings. The number of nitrogens with two attached hydrogens (primary N) is 1. The summed E-state index contributed by atoms with van der Waals surface area (Å²) in [5, 5.41) is 0. The van der Waals surface area contributed by atoms with Gasteiger partial charge in [-0.05, 0) is 30.5 Å². The number of hydrogen-bond donors (Lipinski definition) is 1. The summed E-state index contributed by atoms with van der Waals surface area (Å²) in [4.78, 5) is 4.20. The summed E-state index contributed by atoms with van der Waals surface area (Å²) in [6.07, 6.45) is 1.83. The van der Waals surface area contributed by atoms with Gasteiger partial charge in [0.05, 0.1) is 5.69 Å². The fourth-order valence-corrected chi connectivity index (χ4v) is 1.07. The van der Waals surface area contributed by atoms with Crippen LogP contribution in [-0.2, 0) is 0 Å². The van der Waals surface area contributed by atoms with Crippen molar-refractivity contribution in [3.63, 3.8) is 0 Å². The van der Waals surface area contributed by atoms with Crippen LogP contribution in [0.15, 0.2) is 18.3 Å². The number of rotatable bonds is 2. The highest BCUT2D eigenvalue weighted by molar-refractivity contribution is 5.20. The van der Waals surface area contributed by atoms with Crippen molar-refractivity contribution in [2.45, 2.75) is 32.7 Å². The number of hydrogen-bond acceptors (Lipinski definition) is 2. The molecule has 1 aromatic heterocycles. The smallest absolute Gasteiger partial charge is 0.0570 e. The first kappa shape index (κ1) is 9.20. The SMILES string of the molecule is CC(C)c1ccnc(C(C)N)c1. The largest absolute Gasteiger partial charge is 0.323 e. The van der Waals surface area contributed by atoms with Gasteiger partial charge in [0.15, 0.2) is 0 Å². The first-order valence-corrected chi connectivity index (χ1v) is 4.32. The standard InChI is InChI=1S/C10H16N2/c1-7(2)9-4-5-12-10(6-9)8(3)11/h4-8H,11H2,1-3H3. The predicted octanol–water partition coefficient (Wildman–Crippen LogP) is 2.22. The molecular weight excluding hydrogens is 148 g/mol. The minimum atomic E-state index is 0.0312. The summed E-state index contributed by atoms with van der Waals surface area (Å²) < 4.78 is 0. The fourth-order valence-electron chi connectivity index (χ4n) is 1.07. The third-order valence-electron chi connectivity index (χ3n) is 1.94. The molecule has 0 aliphatic heterocycles. The highest BCUT2D eigenvalue weighted by Gasteiger charge is 2.03. The molecule has 66 valence electrons. The third-order valence-corrected chi connectivity index (χ3v) is 1.94. The van der Waals surface area contributed by atoms with Gasteiger partial charge < -0.3 is 5.73 Å². The molecule has 0 amide bonds. The first-order valence-electron chi connectivity index (χ1n) is 4.32. The number of aromatic nitrogens is 1. The van der Waals surface area contributed by atoms with E-state index in [1.165, 1.54) is 5.56 Å². The molecule has 2 N–H and O–H groups in total. The lowest BCUT2D eigenvalue weighted by Gasteiger charge is -2.08. The van der Waals surface area contributed by atoms with E-state index in [1.54, 1.807) is 0 Å². The lowest BCUT2D eigenvalue weighted by Crippen LogP contribution is -2.07. The maximum atomic E-state index is 5.72. The van der Waals surface area contributed by atoms with Crippen LogP contribution < -0.4 is 5.73 Å². The van der Waals surface area contributed by atoms with Crippen molar-refractivity contribution >= 4 is 0 Å². The van der Waals surface area contributed by atoms with Gasteiger partial charge in [0.25, 0.3) is 0 Å². The molecule has 1 atom stereocenters. The van der Waals surface area contributed by atoms with Crippen molar-refractivity contribution in [1.82, 2.24) is 4.98 Å². The quantitative estimate of drug-likeness (QED) is 0.728. The molecule has 0 aliphatic carbocycles. The zero-order valence-corrected chi connectivity index (χ0v) is 7.91. The number of pyridine rings is 1. The Labute approximate surface area is 73.8 Å². The van der Waals surface area contributed by atoms with Crippen LogP contribution in [0.4, 0.5) is 0 Å². The zero-order chi connectivity index (χ0) is 9.14. The van der Waals surface area contributed by atoms with E-state index in [1.807, 2.05) is 19.2 Å². The third kappa shape index (κ3) is 2.05. The van der Waals surface area contributed by atoms with E-state index in [2.05, 4.69) is 24.9 Å². The van der Waals surface area contributed by atoms with Gasteiger partial charge in [-0.3, -0.25) is 4.98 Å². The van der Waals surface area contributed by atoms with Crippen LogP contribution in [0.5, 0.6) is 0 Å². The molecule has 0 aliphatic rings. The van der Waals surface area contributed by atoms with Crippen molar-refractivity contribution in [2.24, 2.45) is 5.73 Å². The Hall–Kier alpha value is -0.890. The molecule has 1 rings (SSSR count). The van der Waals surface area contributed by atoms with Gasteiger partial charge in [-0.25, -0.2) is 0 Å². The fraction of sp³-hybridized carbons (Fsp3) is 0.500. The molecule has 0 bridgehead atoms. The second-order valence-electron chi connectivity index (χ2n) is 3.46. The molecule has 0 aromatic carbocycles. The minimum absolute atomic E-state index is 0.0312. The van der Waals surface area contributed by atoms with Gasteiger partial charge in [-0.1, -0.05) is 13.8 Å². The summed E-state index contributed by atoms with van der Waals surface area (Å²) in [6, 6.07) is 4.15. The monoisotopic (exact) mass is 164 g/mol. The average molecular weight is 164 g/mol. The van der Waals surface area contributed by atoms with Crippen LogP contribution in [-0.4, -0.2) is 4.98 Å². The van der Waals surface area contributed by atoms with Gasteiger partial charge in [0.1, 0.15) is 0 Å². The van der Waals surface area contributed by atoms with Crippen molar-refractivity contribution in [3.8, 4) is 0 Å². The summed E-state index contributed by atoms with van der Waals surface area (Å²) in [6.45, 7) is 6.28. The molecule has 0 radical (unpaired) electrons. The van der Waals surface area contributed by atoms with E-state index in [0.717, 1.165) is 5.69 Å². The van der Waals surface area contributed by atoms with Crippen molar-refractivity contribution < 1.29 is 0 Å². The Kier molecular flexibility index (Phi) is 2.82. The van der Waals surface area contributed by atoms with E-state index < -0.39 is 0 Å². The van der Waals surface area contributed by atoms with Crippen molar-refractivity contribution in [2.75, 3.05) is 0 Å². The molecule has 0 saturated carbocycles. The van der Waals surface area contributed by atoms with E-state index in [4.69, 9.17) is 5.73 Å². The van der Waals surface area contributed by atoms with Gasteiger partial charge in [-0.15, -0.1) is 0 Å². The van der Waals surface area contributed by atoms with Crippen LogP contribution in [0.2, 0.25) is 0 Å². The molecular formula is C10H16N2. The lowest BCUT2D eigenvalue weighted by molar-refractivity contribution is 0.768. The van der Waals surface area contributed by atoms with Crippen LogP contribution >= 0.6 is 0 Å². The zero-order valence-electron chi connectivity index (χ0n) is 7.91. The molecule has 0 saturated heterocycles. The molecule has 2 nitrogen and oxygen atoms in total. The molecule has 1 unspecified atom stereocenters. The van der Waals surface area contributed by atoms with Crippen molar-refractivity contribution in [3.05, 3.63) is 29.6 Å². The first-order chi connectivity index (χ1) is 5.61. The summed E-state index contributed by atoms with van der Waals surface area (Å²) >= 11 is 0. The Morgan fingerprint density at radius 2 is 2.00 bits per heavy atom. The maximum absolute atomic E-state index is 5.72. The normalized spacial score (nSPS) is 13.4. The Bertz CT molecular complexity index is 231. The second-order valence-corrected chi connectivity index (χ2v) is 3.46. The van der Waals surface area contributed by atoms with Crippen LogP contribution in [0.1, 0.15) is 44.0 Å². The molecule has 2 heteroatoms. The van der Waals surface area contributed by atoms with E-state index in [9.17, 15) is 0 Å². The van der Waals surface area contributed by atoms with E-state index in [0.29, 0.717) is 5.92 Å². The highest BCUT2D eigenvalue weighted by Crippen LogP contribution is 2.16. The van der Waals surface area contributed by atoms with Crippen molar-refractivity contribution in [1.29, 1.82) is 0 Å². The second kappa shape index (κ2) is 3.68. The Balaban J connectivity index is 2.96. The molecule has 1 heterocycles. The number of nitrogens with zero attached hydrogens (tertiary/aromatic N) is 1. The lowest BCUT2D eigenvalue weighted by atomic mass is 10.0. The Morgan fingerprint density at radius 1 is 1.33 bits per heavy atom. The van der Waals surface area contributed by atoms with Crippen LogP contribution in [0.25, 0.3) is 0 Å². The van der Waals surface area contributed by atoms with Crippen LogP contribution in [0.3, 0.4) is 0 Å². The summed E-state index contributed by atoms with van der Waals surface area (Å²) in [5.41, 5.74) is 8.00. The van der Waals surface area contributed by atoms with Gasteiger partial charge in [0, 0.05) is 12.2 Å². The topological polar surface area (TPSA) is 38.9 Å². The highest BCUT2D eigenvalue weighted by atomic mass is 14.7. The van der Waals surface area contributed by atoms with Gasteiger partial charge >= 0.3 is 0 Å². The minimum Gasteiger partial charge on any atom is -0.323 e. The van der Waals surface area contributed by atoms with E-state index >= 15 is 0 Å². The summed E-state index contributed by atoms with van der Waals surface area (Å²) in [7, 11) is 0. The van der Waals surface area contributed by atoms with E-state index in [-0.39, 0.29) is 6.04 Å². The maximum Gasteiger partial charge on any atom is 0.0570 e. The summed E-state index contributed by atoms with van der Waals surface area (Å²) in [5.74, 6) is 0.547. The van der Waals surface area contributed by atoms with Gasteiger partial charge in [0.2, 0.25) is 0 Å². The Morgan fingerprint density at radius 3 is 2.50 bits per heavy atom. The van der Waals surface area contributed by atoms with Gasteiger partial charge in [-0.2, -0.15) is 0 Å². The molecule has 0 fully saturated rings. The molecule has 0 spiro atoms. The predicted molar refractivity (Wildman–Crippen MR) is 50.9 cm³/mol. The molecule has 12 heavy (non-hydrogen) atoms. The average Bonchev–Trinajstić information content (AvgIpc) is 2.04. The van der Waals surface area contributed by atoms with Crippen LogP contribution in [0, 0.1) is 0 Å².